The molecule has 0 aromatic heterocycles. The van der Waals surface area contributed by atoms with Gasteiger partial charge in [-0.2, -0.15) is 0 Å². The van der Waals surface area contributed by atoms with Gasteiger partial charge in [-0.25, -0.2) is 4.79 Å². The monoisotopic (exact) mass is 387 g/mol. The SMILES string of the molecule is COc1ccc(Cl)cc1C(=O)OCC(=O)c1ccc(N2CCCC2=O)cc1. The van der Waals surface area contributed by atoms with Crippen molar-refractivity contribution in [2.24, 2.45) is 0 Å². The van der Waals surface area contributed by atoms with E-state index < -0.39 is 12.6 Å². The number of benzene rings is 2. The summed E-state index contributed by atoms with van der Waals surface area (Å²) in [7, 11) is 1.43. The number of halogens is 1. The first kappa shape index (κ1) is 18.9. The zero-order valence-corrected chi connectivity index (χ0v) is 15.5. The van der Waals surface area contributed by atoms with E-state index in [1.807, 2.05) is 0 Å². The van der Waals surface area contributed by atoms with Crippen LogP contribution in [-0.2, 0) is 9.53 Å². The van der Waals surface area contributed by atoms with Gasteiger partial charge in [0.15, 0.2) is 12.4 Å². The molecular weight excluding hydrogens is 370 g/mol. The fraction of sp³-hybridized carbons (Fsp3) is 0.250. The summed E-state index contributed by atoms with van der Waals surface area (Å²) in [5.74, 6) is -0.638. The van der Waals surface area contributed by atoms with Gasteiger partial charge in [0.05, 0.1) is 7.11 Å². The number of ether oxygens (including phenoxy) is 2. The number of ketones is 1. The van der Waals surface area contributed by atoms with E-state index in [2.05, 4.69) is 0 Å². The highest BCUT2D eigenvalue weighted by Gasteiger charge is 2.22. The number of Topliss-reactive ketones (excluding diaryl/α,β-unsaturated/α-hetero) is 1. The highest BCUT2D eigenvalue weighted by atomic mass is 35.5. The molecule has 0 atom stereocenters. The summed E-state index contributed by atoms with van der Waals surface area (Å²) in [6.45, 7) is 0.279. The minimum absolute atomic E-state index is 0.0819. The number of esters is 1. The van der Waals surface area contributed by atoms with Crippen LogP contribution in [-0.4, -0.2) is 37.9 Å². The number of carbonyl (C=O) groups excluding carboxylic acids is 3. The predicted molar refractivity (Wildman–Crippen MR) is 101 cm³/mol. The largest absolute Gasteiger partial charge is 0.496 e. The lowest BCUT2D eigenvalue weighted by Gasteiger charge is -2.15. The molecule has 1 saturated heterocycles. The van der Waals surface area contributed by atoms with Crippen molar-refractivity contribution in [3.63, 3.8) is 0 Å². The zero-order valence-electron chi connectivity index (χ0n) is 14.7. The van der Waals surface area contributed by atoms with Crippen LogP contribution in [0.3, 0.4) is 0 Å². The molecule has 0 unspecified atom stereocenters. The van der Waals surface area contributed by atoms with E-state index >= 15 is 0 Å². The highest BCUT2D eigenvalue weighted by Crippen LogP contribution is 2.24. The Morgan fingerprint density at radius 1 is 1.15 bits per heavy atom. The molecule has 1 aliphatic heterocycles. The average Bonchev–Trinajstić information content (AvgIpc) is 3.11. The molecule has 3 rings (SSSR count). The van der Waals surface area contributed by atoms with Crippen LogP contribution in [0.5, 0.6) is 5.75 Å². The van der Waals surface area contributed by atoms with Gasteiger partial charge in [0.1, 0.15) is 11.3 Å². The van der Waals surface area contributed by atoms with E-state index in [1.54, 1.807) is 41.3 Å². The molecule has 0 aliphatic carbocycles. The van der Waals surface area contributed by atoms with Crippen molar-refractivity contribution in [1.82, 2.24) is 0 Å². The number of hydrogen-bond acceptors (Lipinski definition) is 5. The third-order valence-corrected chi connectivity index (χ3v) is 4.53. The van der Waals surface area contributed by atoms with Crippen molar-refractivity contribution in [2.75, 3.05) is 25.2 Å². The Balaban J connectivity index is 1.63. The van der Waals surface area contributed by atoms with Crippen LogP contribution < -0.4 is 9.64 Å². The van der Waals surface area contributed by atoms with Gasteiger partial charge in [-0.05, 0) is 48.9 Å². The van der Waals surface area contributed by atoms with E-state index in [0.29, 0.717) is 29.3 Å². The first-order chi connectivity index (χ1) is 13.0. The molecule has 140 valence electrons. The number of rotatable bonds is 6. The molecule has 0 saturated carbocycles. The van der Waals surface area contributed by atoms with Gasteiger partial charge in [-0.3, -0.25) is 9.59 Å². The minimum Gasteiger partial charge on any atom is -0.496 e. The average molecular weight is 388 g/mol. The van der Waals surface area contributed by atoms with Gasteiger partial charge < -0.3 is 14.4 Å². The summed E-state index contributed by atoms with van der Waals surface area (Å²) in [5.41, 5.74) is 1.31. The normalized spacial score (nSPS) is 13.6. The maximum Gasteiger partial charge on any atom is 0.342 e. The summed E-state index contributed by atoms with van der Waals surface area (Å²) in [6.07, 6.45) is 1.38. The van der Waals surface area contributed by atoms with Gasteiger partial charge in [0.2, 0.25) is 5.91 Å². The smallest absolute Gasteiger partial charge is 0.342 e. The molecule has 0 N–H and O–H groups in total. The molecule has 1 amide bonds. The number of carbonyl (C=O) groups is 3. The van der Waals surface area contributed by atoms with Crippen molar-refractivity contribution in [3.8, 4) is 5.75 Å². The molecule has 1 fully saturated rings. The number of nitrogens with zero attached hydrogens (tertiary/aromatic N) is 1. The Labute approximate surface area is 161 Å². The van der Waals surface area contributed by atoms with Crippen LogP contribution in [0.4, 0.5) is 5.69 Å². The van der Waals surface area contributed by atoms with Crippen molar-refractivity contribution in [2.45, 2.75) is 12.8 Å². The first-order valence-corrected chi connectivity index (χ1v) is 8.81. The van der Waals surface area contributed by atoms with Crippen molar-refractivity contribution in [1.29, 1.82) is 0 Å². The van der Waals surface area contributed by atoms with Gasteiger partial charge in [0, 0.05) is 29.2 Å². The van der Waals surface area contributed by atoms with E-state index in [9.17, 15) is 14.4 Å². The van der Waals surface area contributed by atoms with Crippen molar-refractivity contribution < 1.29 is 23.9 Å². The van der Waals surface area contributed by atoms with Gasteiger partial charge in [-0.15, -0.1) is 0 Å². The summed E-state index contributed by atoms with van der Waals surface area (Å²) < 4.78 is 10.2. The topological polar surface area (TPSA) is 72.9 Å². The number of anilines is 1. The summed E-state index contributed by atoms with van der Waals surface area (Å²) in [6, 6.07) is 11.3. The van der Waals surface area contributed by atoms with Crippen LogP contribution >= 0.6 is 11.6 Å². The predicted octanol–water partition coefficient (Wildman–Crippen LogP) is 3.52. The highest BCUT2D eigenvalue weighted by molar-refractivity contribution is 6.31. The molecule has 7 heteroatoms. The maximum atomic E-state index is 12.3. The van der Waals surface area contributed by atoms with E-state index in [4.69, 9.17) is 21.1 Å². The van der Waals surface area contributed by atoms with Crippen LogP contribution in [0, 0.1) is 0 Å². The minimum atomic E-state index is -0.693. The Bertz CT molecular complexity index is 878. The molecule has 0 spiro atoms. The molecule has 0 radical (unpaired) electrons. The third-order valence-electron chi connectivity index (χ3n) is 4.29. The second-order valence-electron chi connectivity index (χ2n) is 6.04. The van der Waals surface area contributed by atoms with Gasteiger partial charge in [-0.1, -0.05) is 11.6 Å². The second kappa shape index (κ2) is 8.22. The second-order valence-corrected chi connectivity index (χ2v) is 6.48. The van der Waals surface area contributed by atoms with Crippen molar-refractivity contribution in [3.05, 3.63) is 58.6 Å². The fourth-order valence-electron chi connectivity index (χ4n) is 2.88. The molecule has 2 aromatic rings. The lowest BCUT2D eigenvalue weighted by atomic mass is 10.1. The quantitative estimate of drug-likeness (QED) is 0.560. The summed E-state index contributed by atoms with van der Waals surface area (Å²) >= 11 is 5.90. The van der Waals surface area contributed by atoms with Crippen LogP contribution in [0.25, 0.3) is 0 Å². The molecule has 27 heavy (non-hydrogen) atoms. The molecule has 6 nitrogen and oxygen atoms in total. The summed E-state index contributed by atoms with van der Waals surface area (Å²) in [4.78, 5) is 38.0. The Kier molecular flexibility index (Phi) is 5.76. The van der Waals surface area contributed by atoms with Crippen LogP contribution in [0.15, 0.2) is 42.5 Å². The summed E-state index contributed by atoms with van der Waals surface area (Å²) in [5, 5.41) is 0.362. The number of hydrogen-bond donors (Lipinski definition) is 0. The Hall–Kier alpha value is -2.86. The van der Waals surface area contributed by atoms with E-state index in [1.165, 1.54) is 13.2 Å². The Morgan fingerprint density at radius 2 is 1.89 bits per heavy atom. The van der Waals surface area contributed by atoms with Gasteiger partial charge in [0.25, 0.3) is 0 Å². The third kappa shape index (κ3) is 4.28. The van der Waals surface area contributed by atoms with Crippen LogP contribution in [0.2, 0.25) is 5.02 Å². The molecular formula is C20H18ClNO5. The molecule has 2 aromatic carbocycles. The van der Waals surface area contributed by atoms with Gasteiger partial charge >= 0.3 is 5.97 Å². The lowest BCUT2D eigenvalue weighted by molar-refractivity contribution is -0.117. The lowest BCUT2D eigenvalue weighted by Crippen LogP contribution is -2.23. The fourth-order valence-corrected chi connectivity index (χ4v) is 3.05. The van der Waals surface area contributed by atoms with Crippen molar-refractivity contribution >= 4 is 34.9 Å². The first-order valence-electron chi connectivity index (χ1n) is 8.44. The number of amides is 1. The maximum absolute atomic E-state index is 12.3. The Morgan fingerprint density at radius 3 is 2.52 bits per heavy atom. The molecule has 1 heterocycles. The zero-order chi connectivity index (χ0) is 19.4. The van der Waals surface area contributed by atoms with Crippen LogP contribution in [0.1, 0.15) is 33.6 Å². The van der Waals surface area contributed by atoms with E-state index in [0.717, 1.165) is 12.1 Å². The molecule has 1 aliphatic rings. The van der Waals surface area contributed by atoms with E-state index in [-0.39, 0.29) is 17.3 Å². The molecule has 0 bridgehead atoms. The number of methoxy groups -OCH3 is 1. The standard InChI is InChI=1S/C20H18ClNO5/c1-26-18-9-6-14(21)11-16(18)20(25)27-12-17(23)13-4-7-15(8-5-13)22-10-2-3-19(22)24/h4-9,11H,2-3,10,12H2,1H3.